The number of aliphatic carboxylic acids is 1. The maximum atomic E-state index is 12.9. The standard InChI is InChI=1S/C16H24N4O3S.C2HF3O2/c1-9(2)12(19-14(22)10(3)17)16(23)20-7-4-5-11(20)13(21)15-18-6-8-24-15;3-2(4,5)1(6)7/h6,8-12H,4-5,7,17H2,1-3H3,(H,19,22);(H,6,7)/t10-,11-,12-;/m0./s1. The number of Topliss-reactive ketones (excluding diaryl/α,β-unsaturated/α-hetero) is 1. The third kappa shape index (κ3) is 7.58. The van der Waals surface area contributed by atoms with E-state index in [9.17, 15) is 27.6 Å². The highest BCUT2D eigenvalue weighted by atomic mass is 32.1. The van der Waals surface area contributed by atoms with Crippen molar-refractivity contribution < 1.29 is 37.5 Å². The molecule has 0 bridgehead atoms. The van der Waals surface area contributed by atoms with E-state index in [4.69, 9.17) is 15.6 Å². The number of ketones is 1. The Labute approximate surface area is 180 Å². The molecule has 0 aromatic carbocycles. The molecule has 2 rings (SSSR count). The molecular formula is C18H25F3N4O5S. The van der Waals surface area contributed by atoms with Gasteiger partial charge in [-0.25, -0.2) is 9.78 Å². The number of carboxylic acids is 1. The molecule has 0 radical (unpaired) electrons. The average molecular weight is 466 g/mol. The van der Waals surface area contributed by atoms with Crippen LogP contribution in [0.2, 0.25) is 0 Å². The van der Waals surface area contributed by atoms with Gasteiger partial charge in [-0.05, 0) is 25.7 Å². The zero-order chi connectivity index (χ0) is 23.9. The molecule has 0 saturated carbocycles. The van der Waals surface area contributed by atoms with Gasteiger partial charge in [-0.15, -0.1) is 11.3 Å². The quantitative estimate of drug-likeness (QED) is 0.538. The van der Waals surface area contributed by atoms with Crippen LogP contribution in [0.5, 0.6) is 0 Å². The van der Waals surface area contributed by atoms with Gasteiger partial charge in [0.15, 0.2) is 5.01 Å². The first-order chi connectivity index (χ1) is 14.3. The largest absolute Gasteiger partial charge is 0.490 e. The first-order valence-electron chi connectivity index (χ1n) is 9.37. The van der Waals surface area contributed by atoms with Gasteiger partial charge in [-0.2, -0.15) is 13.2 Å². The second-order valence-corrected chi connectivity index (χ2v) is 8.11. The van der Waals surface area contributed by atoms with Crippen LogP contribution in [0.15, 0.2) is 11.6 Å². The Bertz CT molecular complexity index is 784. The Hall–Kier alpha value is -2.54. The number of carbonyl (C=O) groups is 4. The van der Waals surface area contributed by atoms with Crippen LogP contribution >= 0.6 is 11.3 Å². The van der Waals surface area contributed by atoms with Gasteiger partial charge >= 0.3 is 12.1 Å². The molecule has 13 heteroatoms. The van der Waals surface area contributed by atoms with E-state index in [2.05, 4.69) is 10.3 Å². The fraction of sp³-hybridized carbons (Fsp3) is 0.611. The topological polar surface area (TPSA) is 143 Å². The summed E-state index contributed by atoms with van der Waals surface area (Å²) in [5.41, 5.74) is 5.58. The van der Waals surface area contributed by atoms with Gasteiger partial charge in [-0.1, -0.05) is 13.8 Å². The number of nitrogens with two attached hydrogens (primary N) is 1. The van der Waals surface area contributed by atoms with E-state index in [1.807, 2.05) is 13.8 Å². The van der Waals surface area contributed by atoms with Gasteiger partial charge in [0.1, 0.15) is 6.04 Å². The van der Waals surface area contributed by atoms with Crippen LogP contribution in [-0.4, -0.2) is 69.4 Å². The molecule has 174 valence electrons. The van der Waals surface area contributed by atoms with E-state index < -0.39 is 30.3 Å². The number of carbonyl (C=O) groups excluding carboxylic acids is 3. The summed E-state index contributed by atoms with van der Waals surface area (Å²) in [6, 6.07) is -1.88. The number of hydrogen-bond donors (Lipinski definition) is 3. The highest BCUT2D eigenvalue weighted by molar-refractivity contribution is 7.11. The minimum absolute atomic E-state index is 0.101. The van der Waals surface area contributed by atoms with E-state index in [1.165, 1.54) is 11.3 Å². The summed E-state index contributed by atoms with van der Waals surface area (Å²) >= 11 is 1.28. The van der Waals surface area contributed by atoms with E-state index in [0.29, 0.717) is 18.0 Å². The summed E-state index contributed by atoms with van der Waals surface area (Å²) in [5, 5.41) is 12.0. The maximum absolute atomic E-state index is 12.9. The van der Waals surface area contributed by atoms with Crippen molar-refractivity contribution in [1.29, 1.82) is 0 Å². The Morgan fingerprint density at radius 3 is 2.29 bits per heavy atom. The van der Waals surface area contributed by atoms with Crippen LogP contribution < -0.4 is 11.1 Å². The second-order valence-electron chi connectivity index (χ2n) is 7.21. The summed E-state index contributed by atoms with van der Waals surface area (Å²) in [7, 11) is 0. The molecule has 2 heterocycles. The van der Waals surface area contributed by atoms with Gasteiger partial charge in [0.25, 0.3) is 0 Å². The molecule has 1 fully saturated rings. The lowest BCUT2D eigenvalue weighted by molar-refractivity contribution is -0.192. The fourth-order valence-corrected chi connectivity index (χ4v) is 3.39. The van der Waals surface area contributed by atoms with Gasteiger partial charge in [0, 0.05) is 18.1 Å². The van der Waals surface area contributed by atoms with Gasteiger partial charge in [0.2, 0.25) is 17.6 Å². The lowest BCUT2D eigenvalue weighted by Crippen LogP contribution is -2.56. The summed E-state index contributed by atoms with van der Waals surface area (Å²) < 4.78 is 31.7. The predicted octanol–water partition coefficient (Wildman–Crippen LogP) is 1.44. The third-order valence-corrected chi connectivity index (χ3v) is 5.16. The SMILES string of the molecule is CC(C)[C@H](NC(=O)[C@H](C)N)C(=O)N1CCC[C@H]1C(=O)c1nccs1.O=C(O)C(F)(F)F. The van der Waals surface area contributed by atoms with Crippen LogP contribution in [0, 0.1) is 5.92 Å². The molecule has 2 amide bonds. The van der Waals surface area contributed by atoms with E-state index >= 15 is 0 Å². The second kappa shape index (κ2) is 11.2. The van der Waals surface area contributed by atoms with Crippen LogP contribution in [0.1, 0.15) is 43.4 Å². The van der Waals surface area contributed by atoms with Crippen molar-refractivity contribution in [2.24, 2.45) is 11.7 Å². The van der Waals surface area contributed by atoms with Crippen molar-refractivity contribution >= 4 is 34.9 Å². The van der Waals surface area contributed by atoms with Gasteiger partial charge < -0.3 is 21.1 Å². The Kier molecular flexibility index (Phi) is 9.56. The smallest absolute Gasteiger partial charge is 0.475 e. The third-order valence-electron chi connectivity index (χ3n) is 4.37. The molecule has 1 aromatic heterocycles. The molecule has 0 aliphatic carbocycles. The first kappa shape index (κ1) is 26.5. The Morgan fingerprint density at radius 2 is 1.87 bits per heavy atom. The van der Waals surface area contributed by atoms with E-state index in [0.717, 1.165) is 6.42 Å². The van der Waals surface area contributed by atoms with Crippen molar-refractivity contribution in [3.8, 4) is 0 Å². The number of carboxylic acid groups (broad SMARTS) is 1. The summed E-state index contributed by atoms with van der Waals surface area (Å²) in [4.78, 5) is 51.9. The zero-order valence-electron chi connectivity index (χ0n) is 17.2. The number of thiazole rings is 1. The molecule has 1 aliphatic heterocycles. The Balaban J connectivity index is 0.000000592. The normalized spacial score (nSPS) is 18.1. The van der Waals surface area contributed by atoms with Crippen LogP contribution in [0.3, 0.4) is 0 Å². The fourth-order valence-electron chi connectivity index (χ4n) is 2.77. The van der Waals surface area contributed by atoms with Crippen molar-refractivity contribution in [3.05, 3.63) is 16.6 Å². The molecule has 3 atom stereocenters. The molecule has 1 saturated heterocycles. The number of rotatable bonds is 6. The highest BCUT2D eigenvalue weighted by Crippen LogP contribution is 2.24. The Morgan fingerprint density at radius 1 is 1.29 bits per heavy atom. The average Bonchev–Trinajstić information content (AvgIpc) is 3.35. The van der Waals surface area contributed by atoms with Crippen LogP contribution in [0.25, 0.3) is 0 Å². The lowest BCUT2D eigenvalue weighted by atomic mass is 10.0. The first-order valence-corrected chi connectivity index (χ1v) is 10.3. The molecular weight excluding hydrogens is 441 g/mol. The maximum Gasteiger partial charge on any atom is 0.490 e. The lowest BCUT2D eigenvalue weighted by Gasteiger charge is -2.30. The molecule has 1 aromatic rings. The summed E-state index contributed by atoms with van der Waals surface area (Å²) in [6.07, 6.45) is -2.12. The number of hydrogen-bond acceptors (Lipinski definition) is 7. The molecule has 0 unspecified atom stereocenters. The zero-order valence-corrected chi connectivity index (χ0v) is 18.0. The summed E-state index contributed by atoms with van der Waals surface area (Å²) in [6.45, 7) is 5.80. The van der Waals surface area contributed by atoms with Crippen molar-refractivity contribution in [3.63, 3.8) is 0 Å². The molecule has 0 spiro atoms. The number of nitrogens with zero attached hydrogens (tertiary/aromatic N) is 2. The highest BCUT2D eigenvalue weighted by Gasteiger charge is 2.40. The van der Waals surface area contributed by atoms with Crippen LogP contribution in [-0.2, 0) is 14.4 Å². The minimum Gasteiger partial charge on any atom is -0.475 e. The monoisotopic (exact) mass is 466 g/mol. The number of likely N-dealkylation sites (tertiary alicyclic amines) is 1. The van der Waals surface area contributed by atoms with E-state index in [1.54, 1.807) is 23.4 Å². The number of halogens is 3. The van der Waals surface area contributed by atoms with Crippen molar-refractivity contribution in [1.82, 2.24) is 15.2 Å². The number of amides is 2. The number of aromatic nitrogens is 1. The van der Waals surface area contributed by atoms with Crippen molar-refractivity contribution in [2.45, 2.75) is 57.9 Å². The molecule has 4 N–H and O–H groups in total. The minimum atomic E-state index is -5.08. The van der Waals surface area contributed by atoms with Crippen molar-refractivity contribution in [2.75, 3.05) is 6.54 Å². The molecule has 31 heavy (non-hydrogen) atoms. The van der Waals surface area contributed by atoms with E-state index in [-0.39, 0.29) is 23.5 Å². The van der Waals surface area contributed by atoms with Gasteiger partial charge in [-0.3, -0.25) is 14.4 Å². The van der Waals surface area contributed by atoms with Crippen LogP contribution in [0.4, 0.5) is 13.2 Å². The predicted molar refractivity (Wildman–Crippen MR) is 105 cm³/mol. The number of nitrogens with one attached hydrogen (secondary N) is 1. The molecule has 9 nitrogen and oxygen atoms in total. The molecule has 1 aliphatic rings. The van der Waals surface area contributed by atoms with Gasteiger partial charge in [0.05, 0.1) is 12.1 Å². The number of alkyl halides is 3. The summed E-state index contributed by atoms with van der Waals surface area (Å²) in [5.74, 6) is -3.59.